The van der Waals surface area contributed by atoms with Crippen LogP contribution in [0.3, 0.4) is 0 Å². The Morgan fingerprint density at radius 1 is 1.27 bits per heavy atom. The molecule has 0 radical (unpaired) electrons. The van der Waals surface area contributed by atoms with Gasteiger partial charge in [0.2, 0.25) is 5.91 Å². The Bertz CT molecular complexity index is 296. The van der Waals surface area contributed by atoms with Gasteiger partial charge in [-0.15, -0.1) is 0 Å². The second-order valence-electron chi connectivity index (χ2n) is 5.16. The van der Waals surface area contributed by atoms with Crippen LogP contribution in [0.4, 0.5) is 0 Å². The fourth-order valence-electron chi connectivity index (χ4n) is 2.03. The Morgan fingerprint density at radius 2 is 1.73 bits per heavy atom. The molecule has 0 aromatic rings. The fraction of sp³-hybridized carbons (Fsp3) is 0.818. The molecule has 0 heterocycles. The summed E-state index contributed by atoms with van der Waals surface area (Å²) in [5, 5.41) is 8.96. The minimum absolute atomic E-state index is 0.0533. The molecule has 0 saturated heterocycles. The van der Waals surface area contributed by atoms with E-state index in [-0.39, 0.29) is 17.9 Å². The van der Waals surface area contributed by atoms with Crippen molar-refractivity contribution in [3.05, 3.63) is 0 Å². The van der Waals surface area contributed by atoms with Gasteiger partial charge in [0.15, 0.2) is 0 Å². The molecular weight excluding hydrogens is 194 g/mol. The highest BCUT2D eigenvalue weighted by atomic mass is 16.4. The lowest BCUT2D eigenvalue weighted by Gasteiger charge is -2.22. The summed E-state index contributed by atoms with van der Waals surface area (Å²) < 4.78 is 0. The van der Waals surface area contributed by atoms with E-state index in [0.717, 1.165) is 0 Å². The molecule has 15 heavy (non-hydrogen) atoms. The lowest BCUT2D eigenvalue weighted by Crippen LogP contribution is -2.35. The van der Waals surface area contributed by atoms with Gasteiger partial charge in [0.25, 0.3) is 0 Å². The van der Waals surface area contributed by atoms with Gasteiger partial charge in [0.1, 0.15) is 0 Å². The summed E-state index contributed by atoms with van der Waals surface area (Å²) in [6.07, 6.45) is 0. The van der Waals surface area contributed by atoms with Crippen LogP contribution in [0.25, 0.3) is 0 Å². The highest BCUT2D eigenvalue weighted by Crippen LogP contribution is 2.59. The number of rotatable bonds is 3. The van der Waals surface area contributed by atoms with Crippen LogP contribution in [0.15, 0.2) is 0 Å². The van der Waals surface area contributed by atoms with Crippen LogP contribution < -0.4 is 0 Å². The van der Waals surface area contributed by atoms with E-state index in [9.17, 15) is 9.59 Å². The molecule has 1 amide bonds. The highest BCUT2D eigenvalue weighted by molar-refractivity contribution is 5.91. The van der Waals surface area contributed by atoms with Crippen molar-refractivity contribution < 1.29 is 14.7 Å². The molecule has 1 saturated carbocycles. The number of carboxylic acid groups (broad SMARTS) is 1. The van der Waals surface area contributed by atoms with Crippen molar-refractivity contribution in [2.45, 2.75) is 33.7 Å². The summed E-state index contributed by atoms with van der Waals surface area (Å²) in [6, 6.07) is 0.114. The van der Waals surface area contributed by atoms with Gasteiger partial charge in [0.05, 0.1) is 11.8 Å². The lowest BCUT2D eigenvalue weighted by molar-refractivity contribution is -0.142. The maximum Gasteiger partial charge on any atom is 0.307 e. The molecule has 0 bridgehead atoms. The van der Waals surface area contributed by atoms with Gasteiger partial charge in [-0.1, -0.05) is 13.8 Å². The van der Waals surface area contributed by atoms with Gasteiger partial charge in [-0.2, -0.15) is 0 Å². The van der Waals surface area contributed by atoms with E-state index in [1.807, 2.05) is 27.7 Å². The molecule has 0 aliphatic heterocycles. The van der Waals surface area contributed by atoms with Crippen LogP contribution in [0.1, 0.15) is 27.7 Å². The Balaban J connectivity index is 2.76. The molecule has 4 nitrogen and oxygen atoms in total. The van der Waals surface area contributed by atoms with E-state index in [2.05, 4.69) is 0 Å². The summed E-state index contributed by atoms with van der Waals surface area (Å²) in [4.78, 5) is 24.5. The predicted octanol–water partition coefficient (Wildman–Crippen LogP) is 1.21. The molecule has 1 rings (SSSR count). The molecule has 86 valence electrons. The third-order valence-corrected chi connectivity index (χ3v) is 3.48. The summed E-state index contributed by atoms with van der Waals surface area (Å²) in [7, 11) is 1.72. The summed E-state index contributed by atoms with van der Waals surface area (Å²) >= 11 is 0. The van der Waals surface area contributed by atoms with E-state index in [1.54, 1.807) is 11.9 Å². The number of hydrogen-bond acceptors (Lipinski definition) is 2. The minimum Gasteiger partial charge on any atom is -0.481 e. The van der Waals surface area contributed by atoms with E-state index >= 15 is 0 Å². The van der Waals surface area contributed by atoms with Crippen molar-refractivity contribution in [2.75, 3.05) is 7.05 Å². The molecule has 2 atom stereocenters. The van der Waals surface area contributed by atoms with Gasteiger partial charge in [-0.25, -0.2) is 0 Å². The van der Waals surface area contributed by atoms with Crippen molar-refractivity contribution >= 4 is 11.9 Å². The predicted molar refractivity (Wildman–Crippen MR) is 56.3 cm³/mol. The first-order valence-corrected chi connectivity index (χ1v) is 5.20. The molecular formula is C11H19NO3. The average Bonchev–Trinajstić information content (AvgIpc) is 2.66. The largest absolute Gasteiger partial charge is 0.481 e. The first-order valence-electron chi connectivity index (χ1n) is 5.20. The quantitative estimate of drug-likeness (QED) is 0.766. The number of carbonyl (C=O) groups excluding carboxylic acids is 1. The van der Waals surface area contributed by atoms with Crippen LogP contribution in [-0.2, 0) is 9.59 Å². The fourth-order valence-corrected chi connectivity index (χ4v) is 2.03. The van der Waals surface area contributed by atoms with Crippen LogP contribution in [0.5, 0.6) is 0 Å². The van der Waals surface area contributed by atoms with E-state index in [1.165, 1.54) is 0 Å². The minimum atomic E-state index is -0.865. The van der Waals surface area contributed by atoms with Crippen molar-refractivity contribution in [1.29, 1.82) is 0 Å². The van der Waals surface area contributed by atoms with Crippen molar-refractivity contribution in [3.8, 4) is 0 Å². The number of nitrogens with zero attached hydrogens (tertiary/aromatic N) is 1. The molecule has 0 spiro atoms. The van der Waals surface area contributed by atoms with Crippen LogP contribution >= 0.6 is 0 Å². The van der Waals surface area contributed by atoms with Crippen molar-refractivity contribution in [1.82, 2.24) is 4.90 Å². The monoisotopic (exact) mass is 213 g/mol. The third-order valence-electron chi connectivity index (χ3n) is 3.48. The maximum atomic E-state index is 11.9. The highest BCUT2D eigenvalue weighted by Gasteiger charge is 2.66. The van der Waals surface area contributed by atoms with Crippen molar-refractivity contribution in [3.63, 3.8) is 0 Å². The zero-order valence-corrected chi connectivity index (χ0v) is 9.94. The van der Waals surface area contributed by atoms with Gasteiger partial charge in [-0.3, -0.25) is 9.59 Å². The summed E-state index contributed by atoms with van der Waals surface area (Å²) in [5.41, 5.74) is -0.397. The molecule has 0 aromatic carbocycles. The smallest absolute Gasteiger partial charge is 0.307 e. The second-order valence-corrected chi connectivity index (χ2v) is 5.16. The number of hydrogen-bond donors (Lipinski definition) is 1. The number of aliphatic carboxylic acids is 1. The number of carbonyl (C=O) groups is 2. The molecule has 1 aliphatic rings. The number of amides is 1. The summed E-state index contributed by atoms with van der Waals surface area (Å²) in [6.45, 7) is 7.51. The van der Waals surface area contributed by atoms with E-state index in [0.29, 0.717) is 0 Å². The average molecular weight is 213 g/mol. The lowest BCUT2D eigenvalue weighted by atomic mass is 10.1. The molecule has 4 heteroatoms. The summed E-state index contributed by atoms with van der Waals surface area (Å²) in [5.74, 6) is -1.80. The van der Waals surface area contributed by atoms with Crippen molar-refractivity contribution in [2.24, 2.45) is 17.3 Å². The second kappa shape index (κ2) is 3.51. The van der Waals surface area contributed by atoms with Gasteiger partial charge in [0, 0.05) is 13.1 Å². The van der Waals surface area contributed by atoms with E-state index < -0.39 is 17.3 Å². The Kier molecular flexibility index (Phi) is 2.81. The molecule has 1 aliphatic carbocycles. The zero-order valence-electron chi connectivity index (χ0n) is 9.94. The topological polar surface area (TPSA) is 57.6 Å². The first kappa shape index (κ1) is 12.0. The zero-order chi connectivity index (χ0) is 12.0. The first-order chi connectivity index (χ1) is 6.71. The van der Waals surface area contributed by atoms with Crippen LogP contribution in [-0.4, -0.2) is 35.0 Å². The Labute approximate surface area is 90.3 Å². The normalized spacial score (nSPS) is 27.6. The Hall–Kier alpha value is -1.06. The molecule has 1 fully saturated rings. The van der Waals surface area contributed by atoms with Gasteiger partial charge in [-0.05, 0) is 19.3 Å². The Morgan fingerprint density at radius 3 is 2.00 bits per heavy atom. The SMILES string of the molecule is CC(C)N(C)C(=O)[C@H]1[C@@H](C(=O)O)C1(C)C. The molecule has 1 N–H and O–H groups in total. The van der Waals surface area contributed by atoms with E-state index in [4.69, 9.17) is 5.11 Å². The molecule has 0 unspecified atom stereocenters. The van der Waals surface area contributed by atoms with Crippen LogP contribution in [0, 0.1) is 17.3 Å². The maximum absolute atomic E-state index is 11.9. The standard InChI is InChI=1S/C11H19NO3/c1-6(2)12(5)9(13)7-8(10(14)15)11(7,3)4/h6-8H,1-5H3,(H,14,15)/t7-,8+/m1/s1. The number of carboxylic acids is 1. The van der Waals surface area contributed by atoms with Gasteiger partial charge >= 0.3 is 5.97 Å². The van der Waals surface area contributed by atoms with Crippen LogP contribution in [0.2, 0.25) is 0 Å². The van der Waals surface area contributed by atoms with Gasteiger partial charge < -0.3 is 10.0 Å². The third kappa shape index (κ3) is 1.85. The molecule has 0 aromatic heterocycles.